The Bertz CT molecular complexity index is 269. The first-order valence-corrected chi connectivity index (χ1v) is 5.00. The molecule has 1 aromatic rings. The van der Waals surface area contributed by atoms with Crippen LogP contribution in [0.25, 0.3) is 0 Å². The van der Waals surface area contributed by atoms with Gasteiger partial charge in [-0.3, -0.25) is 4.98 Å². The molecule has 1 N–H and O–H groups in total. The van der Waals surface area contributed by atoms with Crippen LogP contribution in [0.4, 0.5) is 5.69 Å². The van der Waals surface area contributed by atoms with Gasteiger partial charge in [0.05, 0.1) is 23.7 Å². The highest BCUT2D eigenvalue weighted by Gasteiger charge is 2.03. The molecule has 78 valence electrons. The highest BCUT2D eigenvalue weighted by molar-refractivity contribution is 5.43. The van der Waals surface area contributed by atoms with E-state index >= 15 is 0 Å². The van der Waals surface area contributed by atoms with E-state index in [-0.39, 0.29) is 0 Å². The minimum absolute atomic E-state index is 0.486. The smallest absolute Gasteiger partial charge is 0.0931 e. The van der Waals surface area contributed by atoms with E-state index < -0.39 is 6.10 Å². The maximum atomic E-state index is 9.28. The third kappa shape index (κ3) is 2.70. The molecule has 14 heavy (non-hydrogen) atoms. The van der Waals surface area contributed by atoms with Gasteiger partial charge in [-0.2, -0.15) is 0 Å². The van der Waals surface area contributed by atoms with Crippen molar-refractivity contribution in [1.29, 1.82) is 0 Å². The number of anilines is 1. The molecule has 1 rings (SSSR count). The number of rotatable bonds is 4. The van der Waals surface area contributed by atoms with Crippen molar-refractivity contribution in [3.63, 3.8) is 0 Å². The van der Waals surface area contributed by atoms with Crippen LogP contribution in [0.2, 0.25) is 0 Å². The molecular formula is C11H18N2O. The third-order valence-electron chi connectivity index (χ3n) is 2.20. The van der Waals surface area contributed by atoms with Crippen LogP contribution in [0, 0.1) is 0 Å². The van der Waals surface area contributed by atoms with Crippen LogP contribution in [0.3, 0.4) is 0 Å². The van der Waals surface area contributed by atoms with Gasteiger partial charge in [0.1, 0.15) is 0 Å². The average Bonchev–Trinajstić information content (AvgIpc) is 2.18. The Morgan fingerprint density at radius 1 is 1.50 bits per heavy atom. The van der Waals surface area contributed by atoms with Crippen molar-refractivity contribution in [3.05, 3.63) is 24.0 Å². The fourth-order valence-electron chi connectivity index (χ4n) is 1.33. The van der Waals surface area contributed by atoms with Crippen LogP contribution < -0.4 is 4.90 Å². The van der Waals surface area contributed by atoms with E-state index in [4.69, 9.17) is 0 Å². The summed E-state index contributed by atoms with van der Waals surface area (Å²) in [5.74, 6) is 0. The van der Waals surface area contributed by atoms with Crippen LogP contribution in [0.1, 0.15) is 32.1 Å². The number of aliphatic hydroxyl groups excluding tert-OH is 1. The molecule has 1 heterocycles. The van der Waals surface area contributed by atoms with Crippen molar-refractivity contribution in [2.75, 3.05) is 18.5 Å². The highest BCUT2D eigenvalue weighted by Crippen LogP contribution is 2.15. The van der Waals surface area contributed by atoms with Gasteiger partial charge >= 0.3 is 0 Å². The largest absolute Gasteiger partial charge is 0.387 e. The minimum atomic E-state index is -0.486. The molecule has 0 amide bonds. The Morgan fingerprint density at radius 3 is 2.64 bits per heavy atom. The zero-order chi connectivity index (χ0) is 10.6. The molecule has 1 aromatic heterocycles. The minimum Gasteiger partial charge on any atom is -0.387 e. The molecule has 3 heteroatoms. The van der Waals surface area contributed by atoms with E-state index in [9.17, 15) is 5.11 Å². The number of hydrogen-bond donors (Lipinski definition) is 1. The molecule has 0 aliphatic carbocycles. The van der Waals surface area contributed by atoms with E-state index in [1.54, 1.807) is 13.1 Å². The quantitative estimate of drug-likeness (QED) is 0.796. The first-order valence-electron chi connectivity index (χ1n) is 5.00. The van der Waals surface area contributed by atoms with E-state index in [0.717, 1.165) is 24.3 Å². The van der Waals surface area contributed by atoms with Crippen molar-refractivity contribution < 1.29 is 5.11 Å². The SMILES string of the molecule is CCCN(C)c1ccc([C@@H](C)O)nc1. The summed E-state index contributed by atoms with van der Waals surface area (Å²) in [4.78, 5) is 6.34. The summed E-state index contributed by atoms with van der Waals surface area (Å²) in [5, 5.41) is 9.28. The zero-order valence-electron chi connectivity index (χ0n) is 9.07. The number of hydrogen-bond acceptors (Lipinski definition) is 3. The highest BCUT2D eigenvalue weighted by atomic mass is 16.3. The summed E-state index contributed by atoms with van der Waals surface area (Å²) in [7, 11) is 2.04. The summed E-state index contributed by atoms with van der Waals surface area (Å²) in [6.07, 6.45) is 2.44. The summed E-state index contributed by atoms with van der Waals surface area (Å²) in [6.45, 7) is 4.89. The van der Waals surface area contributed by atoms with Gasteiger partial charge in [0.25, 0.3) is 0 Å². The van der Waals surface area contributed by atoms with Gasteiger partial charge in [0, 0.05) is 13.6 Å². The van der Waals surface area contributed by atoms with Gasteiger partial charge in [-0.05, 0) is 25.5 Å². The lowest BCUT2D eigenvalue weighted by atomic mass is 10.2. The molecule has 0 bridgehead atoms. The molecule has 1 atom stereocenters. The van der Waals surface area contributed by atoms with Crippen LogP contribution in [0.5, 0.6) is 0 Å². The third-order valence-corrected chi connectivity index (χ3v) is 2.20. The molecule has 0 unspecified atom stereocenters. The van der Waals surface area contributed by atoms with E-state index in [1.807, 2.05) is 19.2 Å². The summed E-state index contributed by atoms with van der Waals surface area (Å²) in [5.41, 5.74) is 1.81. The predicted octanol–water partition coefficient (Wildman–Crippen LogP) is 1.98. The van der Waals surface area contributed by atoms with Crippen molar-refractivity contribution in [3.8, 4) is 0 Å². The van der Waals surface area contributed by atoms with Crippen LogP contribution in [-0.2, 0) is 0 Å². The Kier molecular flexibility index (Phi) is 3.89. The van der Waals surface area contributed by atoms with Gasteiger partial charge in [-0.25, -0.2) is 0 Å². The average molecular weight is 194 g/mol. The number of nitrogens with zero attached hydrogens (tertiary/aromatic N) is 2. The molecule has 0 aromatic carbocycles. The molecule has 0 saturated carbocycles. The molecule has 3 nitrogen and oxygen atoms in total. The lowest BCUT2D eigenvalue weighted by Crippen LogP contribution is -2.17. The van der Waals surface area contributed by atoms with Gasteiger partial charge < -0.3 is 10.0 Å². The second-order valence-electron chi connectivity index (χ2n) is 3.54. The Balaban J connectivity index is 2.72. The molecule has 0 aliphatic heterocycles. The fourth-order valence-corrected chi connectivity index (χ4v) is 1.33. The second-order valence-corrected chi connectivity index (χ2v) is 3.54. The fraction of sp³-hybridized carbons (Fsp3) is 0.545. The molecule has 0 saturated heterocycles. The van der Waals surface area contributed by atoms with Crippen LogP contribution >= 0.6 is 0 Å². The lowest BCUT2D eigenvalue weighted by molar-refractivity contribution is 0.194. The zero-order valence-corrected chi connectivity index (χ0v) is 9.07. The van der Waals surface area contributed by atoms with Crippen molar-refractivity contribution in [2.24, 2.45) is 0 Å². The summed E-state index contributed by atoms with van der Waals surface area (Å²) < 4.78 is 0. The Morgan fingerprint density at radius 2 is 2.21 bits per heavy atom. The predicted molar refractivity (Wildman–Crippen MR) is 58.4 cm³/mol. The maximum absolute atomic E-state index is 9.28. The van der Waals surface area contributed by atoms with E-state index in [2.05, 4.69) is 16.8 Å². The standard InChI is InChI=1S/C11H18N2O/c1-4-7-13(3)10-5-6-11(9(2)14)12-8-10/h5-6,8-9,14H,4,7H2,1-3H3/t9-/m1/s1. The first-order chi connectivity index (χ1) is 6.65. The van der Waals surface area contributed by atoms with Crippen LogP contribution in [-0.4, -0.2) is 23.7 Å². The van der Waals surface area contributed by atoms with Gasteiger partial charge in [0.15, 0.2) is 0 Å². The van der Waals surface area contributed by atoms with Gasteiger partial charge in [0.2, 0.25) is 0 Å². The Hall–Kier alpha value is -1.09. The first kappa shape index (κ1) is 11.0. The van der Waals surface area contributed by atoms with Crippen LogP contribution in [0.15, 0.2) is 18.3 Å². The Labute approximate surface area is 85.4 Å². The monoisotopic (exact) mass is 194 g/mol. The van der Waals surface area contributed by atoms with E-state index in [1.165, 1.54) is 0 Å². The number of pyridine rings is 1. The number of aromatic nitrogens is 1. The molecule has 0 aliphatic rings. The molecular weight excluding hydrogens is 176 g/mol. The van der Waals surface area contributed by atoms with Crippen molar-refractivity contribution >= 4 is 5.69 Å². The van der Waals surface area contributed by atoms with Crippen molar-refractivity contribution in [2.45, 2.75) is 26.4 Å². The lowest BCUT2D eigenvalue weighted by Gasteiger charge is -2.18. The normalized spacial score (nSPS) is 12.6. The molecule has 0 radical (unpaired) electrons. The van der Waals surface area contributed by atoms with Gasteiger partial charge in [-0.1, -0.05) is 6.92 Å². The van der Waals surface area contributed by atoms with Gasteiger partial charge in [-0.15, -0.1) is 0 Å². The molecule has 0 fully saturated rings. The van der Waals surface area contributed by atoms with Crippen molar-refractivity contribution in [1.82, 2.24) is 4.98 Å². The van der Waals surface area contributed by atoms with E-state index in [0.29, 0.717) is 0 Å². The summed E-state index contributed by atoms with van der Waals surface area (Å²) >= 11 is 0. The second kappa shape index (κ2) is 4.96. The summed E-state index contributed by atoms with van der Waals surface area (Å²) in [6, 6.07) is 3.86. The topological polar surface area (TPSA) is 36.4 Å². The number of aliphatic hydroxyl groups is 1. The maximum Gasteiger partial charge on any atom is 0.0931 e. The molecule has 0 spiro atoms.